The Morgan fingerprint density at radius 2 is 1.87 bits per heavy atom. The molecule has 5 heteroatoms. The van der Waals surface area contributed by atoms with E-state index in [0.29, 0.717) is 10.1 Å². The number of nitrogens with one attached hydrogen (secondary N) is 1. The van der Waals surface area contributed by atoms with Crippen LogP contribution in [0.2, 0.25) is 0 Å². The van der Waals surface area contributed by atoms with Crippen LogP contribution in [0.1, 0.15) is 11.1 Å². The molecule has 1 fully saturated rings. The zero-order valence-electron chi connectivity index (χ0n) is 12.9. The highest BCUT2D eigenvalue weighted by molar-refractivity contribution is 8.18. The molecule has 116 valence electrons. The SMILES string of the molecule is COc1ccc(/C=C2/SC(=Nc3ccccc3C)NC2=O)cc1. The summed E-state index contributed by atoms with van der Waals surface area (Å²) in [4.78, 5) is 17.2. The molecule has 0 bridgehead atoms. The lowest BCUT2D eigenvalue weighted by Crippen LogP contribution is -2.19. The van der Waals surface area contributed by atoms with Gasteiger partial charge in [0.1, 0.15) is 5.75 Å². The van der Waals surface area contributed by atoms with Crippen LogP contribution >= 0.6 is 11.8 Å². The Balaban J connectivity index is 1.82. The van der Waals surface area contributed by atoms with E-state index in [9.17, 15) is 4.79 Å². The average molecular weight is 324 g/mol. The molecule has 4 nitrogen and oxygen atoms in total. The molecule has 1 N–H and O–H groups in total. The quantitative estimate of drug-likeness (QED) is 0.871. The molecule has 1 amide bonds. The van der Waals surface area contributed by atoms with Crippen molar-refractivity contribution >= 4 is 34.6 Å². The molecule has 23 heavy (non-hydrogen) atoms. The number of amides is 1. The van der Waals surface area contributed by atoms with E-state index in [1.807, 2.05) is 61.5 Å². The second-order valence-electron chi connectivity index (χ2n) is 5.04. The summed E-state index contributed by atoms with van der Waals surface area (Å²) in [5.41, 5.74) is 2.88. The van der Waals surface area contributed by atoms with Gasteiger partial charge in [0.2, 0.25) is 0 Å². The van der Waals surface area contributed by atoms with Crippen LogP contribution in [-0.2, 0) is 4.79 Å². The van der Waals surface area contributed by atoms with E-state index in [1.165, 1.54) is 11.8 Å². The molecular formula is C18H16N2O2S. The van der Waals surface area contributed by atoms with E-state index in [1.54, 1.807) is 7.11 Å². The smallest absolute Gasteiger partial charge is 0.264 e. The lowest BCUT2D eigenvalue weighted by Gasteiger charge is -2.00. The average Bonchev–Trinajstić information content (AvgIpc) is 2.90. The summed E-state index contributed by atoms with van der Waals surface area (Å²) >= 11 is 1.35. The molecule has 0 saturated carbocycles. The second-order valence-corrected chi connectivity index (χ2v) is 6.07. The summed E-state index contributed by atoms with van der Waals surface area (Å²) in [5, 5.41) is 3.40. The topological polar surface area (TPSA) is 50.7 Å². The first-order valence-electron chi connectivity index (χ1n) is 7.15. The van der Waals surface area contributed by atoms with Crippen LogP contribution in [0, 0.1) is 6.92 Å². The maximum Gasteiger partial charge on any atom is 0.264 e. The number of benzene rings is 2. The number of methoxy groups -OCH3 is 1. The number of thioether (sulfide) groups is 1. The first-order valence-corrected chi connectivity index (χ1v) is 7.96. The Morgan fingerprint density at radius 1 is 1.13 bits per heavy atom. The number of amidine groups is 1. The second kappa shape index (κ2) is 6.71. The largest absolute Gasteiger partial charge is 0.497 e. The Morgan fingerprint density at radius 3 is 2.57 bits per heavy atom. The van der Waals surface area contributed by atoms with Crippen molar-refractivity contribution in [2.24, 2.45) is 4.99 Å². The lowest BCUT2D eigenvalue weighted by atomic mass is 10.2. The molecule has 0 unspecified atom stereocenters. The van der Waals surface area contributed by atoms with Crippen molar-refractivity contribution in [2.75, 3.05) is 7.11 Å². The van der Waals surface area contributed by atoms with E-state index in [2.05, 4.69) is 10.3 Å². The number of ether oxygens (including phenoxy) is 1. The molecule has 1 aliphatic heterocycles. The summed E-state index contributed by atoms with van der Waals surface area (Å²) in [6.45, 7) is 1.99. The van der Waals surface area contributed by atoms with Crippen molar-refractivity contribution in [1.82, 2.24) is 5.32 Å². The maximum atomic E-state index is 12.1. The van der Waals surface area contributed by atoms with Crippen LogP contribution in [0.25, 0.3) is 6.08 Å². The van der Waals surface area contributed by atoms with E-state index in [4.69, 9.17) is 4.74 Å². The highest BCUT2D eigenvalue weighted by atomic mass is 32.2. The van der Waals surface area contributed by atoms with Gasteiger partial charge in [0.15, 0.2) is 5.17 Å². The molecule has 0 atom stereocenters. The molecule has 0 spiro atoms. The fourth-order valence-corrected chi connectivity index (χ4v) is 2.97. The molecule has 0 aromatic heterocycles. The van der Waals surface area contributed by atoms with Gasteiger partial charge in [0, 0.05) is 0 Å². The highest BCUT2D eigenvalue weighted by Gasteiger charge is 2.23. The molecule has 2 aromatic rings. The summed E-state index contributed by atoms with van der Waals surface area (Å²) in [7, 11) is 1.63. The van der Waals surface area contributed by atoms with Crippen molar-refractivity contribution in [2.45, 2.75) is 6.92 Å². The Hall–Kier alpha value is -2.53. The minimum atomic E-state index is -0.127. The zero-order valence-corrected chi connectivity index (χ0v) is 13.7. The Bertz CT molecular complexity index is 795. The van der Waals surface area contributed by atoms with Crippen molar-refractivity contribution in [1.29, 1.82) is 0 Å². The lowest BCUT2D eigenvalue weighted by molar-refractivity contribution is -0.115. The number of hydrogen-bond acceptors (Lipinski definition) is 4. The highest BCUT2D eigenvalue weighted by Crippen LogP contribution is 2.29. The normalized spacial score (nSPS) is 17.6. The van der Waals surface area contributed by atoms with Crippen molar-refractivity contribution in [3.8, 4) is 5.75 Å². The van der Waals surface area contributed by atoms with Crippen LogP contribution in [0.15, 0.2) is 58.4 Å². The van der Waals surface area contributed by atoms with Crippen molar-refractivity contribution < 1.29 is 9.53 Å². The first kappa shape index (κ1) is 15.4. The van der Waals surface area contributed by atoms with Gasteiger partial charge in [-0.1, -0.05) is 30.3 Å². The predicted octanol–water partition coefficient (Wildman–Crippen LogP) is 3.90. The molecule has 1 heterocycles. The number of hydrogen-bond donors (Lipinski definition) is 1. The number of aryl methyl sites for hydroxylation is 1. The van der Waals surface area contributed by atoms with Crippen molar-refractivity contribution in [3.63, 3.8) is 0 Å². The number of aliphatic imine (C=N–C) groups is 1. The standard InChI is InChI=1S/C18H16N2O2S/c1-12-5-3-4-6-15(12)19-18-20-17(21)16(23-18)11-13-7-9-14(22-2)10-8-13/h3-11H,1-2H3,(H,19,20,21)/b16-11+. The Labute approximate surface area is 139 Å². The van der Waals surface area contributed by atoms with Crippen LogP contribution in [0.3, 0.4) is 0 Å². The van der Waals surface area contributed by atoms with Gasteiger partial charge >= 0.3 is 0 Å². The predicted molar refractivity (Wildman–Crippen MR) is 95.0 cm³/mol. The molecule has 2 aromatic carbocycles. The number of carbonyl (C=O) groups excluding carboxylic acids is 1. The van der Waals surface area contributed by atoms with Gasteiger partial charge in [-0.2, -0.15) is 0 Å². The van der Waals surface area contributed by atoms with Gasteiger partial charge in [-0.3, -0.25) is 4.79 Å². The third-order valence-electron chi connectivity index (χ3n) is 3.40. The summed E-state index contributed by atoms with van der Waals surface area (Å²) in [6.07, 6.45) is 1.85. The molecule has 1 saturated heterocycles. The van der Waals surface area contributed by atoms with E-state index in [0.717, 1.165) is 22.6 Å². The molecule has 0 aliphatic carbocycles. The third kappa shape index (κ3) is 3.63. The van der Waals surface area contributed by atoms with Gasteiger partial charge in [0.25, 0.3) is 5.91 Å². The number of carbonyl (C=O) groups is 1. The van der Waals surface area contributed by atoms with E-state index >= 15 is 0 Å². The van der Waals surface area contributed by atoms with Crippen LogP contribution in [-0.4, -0.2) is 18.2 Å². The number of nitrogens with zero attached hydrogens (tertiary/aromatic N) is 1. The summed E-state index contributed by atoms with van der Waals surface area (Å²) < 4.78 is 5.13. The number of rotatable bonds is 3. The minimum Gasteiger partial charge on any atom is -0.497 e. The monoisotopic (exact) mass is 324 g/mol. The van der Waals surface area contributed by atoms with E-state index < -0.39 is 0 Å². The fourth-order valence-electron chi connectivity index (χ4n) is 2.13. The van der Waals surface area contributed by atoms with Crippen LogP contribution in [0.5, 0.6) is 5.75 Å². The molecular weight excluding hydrogens is 308 g/mol. The summed E-state index contributed by atoms with van der Waals surface area (Å²) in [5.74, 6) is 0.663. The van der Waals surface area contributed by atoms with Gasteiger partial charge in [-0.05, 0) is 54.1 Å². The Kier molecular flexibility index (Phi) is 4.48. The van der Waals surface area contributed by atoms with Crippen molar-refractivity contribution in [3.05, 3.63) is 64.6 Å². The minimum absolute atomic E-state index is 0.127. The van der Waals surface area contributed by atoms with Gasteiger partial charge in [-0.25, -0.2) is 4.99 Å². The first-order chi connectivity index (χ1) is 11.2. The van der Waals surface area contributed by atoms with Gasteiger partial charge < -0.3 is 10.1 Å². The molecule has 3 rings (SSSR count). The maximum absolute atomic E-state index is 12.1. The number of para-hydroxylation sites is 1. The molecule has 1 aliphatic rings. The van der Waals surface area contributed by atoms with E-state index in [-0.39, 0.29) is 5.91 Å². The fraction of sp³-hybridized carbons (Fsp3) is 0.111. The van der Waals surface area contributed by atoms with Crippen LogP contribution in [0.4, 0.5) is 5.69 Å². The van der Waals surface area contributed by atoms with Gasteiger partial charge in [0.05, 0.1) is 17.7 Å². The van der Waals surface area contributed by atoms with Crippen LogP contribution < -0.4 is 10.1 Å². The third-order valence-corrected chi connectivity index (χ3v) is 4.31. The molecule has 0 radical (unpaired) electrons. The zero-order chi connectivity index (χ0) is 16.2. The van der Waals surface area contributed by atoms with Gasteiger partial charge in [-0.15, -0.1) is 0 Å². The summed E-state index contributed by atoms with van der Waals surface area (Å²) in [6, 6.07) is 15.4.